The van der Waals surface area contributed by atoms with Crippen LogP contribution in [0, 0.1) is 29.1 Å². The van der Waals surface area contributed by atoms with Crippen LogP contribution in [0.4, 0.5) is 27.6 Å². The molecule has 0 aliphatic rings. The summed E-state index contributed by atoms with van der Waals surface area (Å²) in [6, 6.07) is 4.86. The van der Waals surface area contributed by atoms with Crippen LogP contribution in [-0.4, -0.2) is 20.1 Å². The van der Waals surface area contributed by atoms with Crippen molar-refractivity contribution in [2.24, 2.45) is 0 Å². The Bertz CT molecular complexity index is 874. The Labute approximate surface area is 150 Å². The molecule has 0 aliphatic heterocycles. The average Bonchev–Trinajstić information content (AvgIpc) is 2.68. The zero-order chi connectivity index (χ0) is 20.1. The maximum Gasteiger partial charge on any atom is 0.262 e. The van der Waals surface area contributed by atoms with Crippen molar-refractivity contribution < 1.29 is 36.2 Å². The number of benzene rings is 2. The normalized spacial score (nSPS) is 10.8. The molecule has 2 aromatic carbocycles. The van der Waals surface area contributed by atoms with Gasteiger partial charge in [-0.15, -0.1) is 0 Å². The van der Waals surface area contributed by atoms with Crippen molar-refractivity contribution in [3.8, 4) is 11.5 Å². The second-order valence-corrected chi connectivity index (χ2v) is 4.98. The molecule has 2 aromatic rings. The summed E-state index contributed by atoms with van der Waals surface area (Å²) < 4.78 is 76.4. The number of halogens is 5. The summed E-state index contributed by atoms with van der Waals surface area (Å²) in [5.41, 5.74) is 2.55. The number of para-hydroxylation sites is 1. The van der Waals surface area contributed by atoms with Gasteiger partial charge >= 0.3 is 0 Å². The fourth-order valence-corrected chi connectivity index (χ4v) is 2.09. The molecule has 0 spiro atoms. The summed E-state index contributed by atoms with van der Waals surface area (Å²) in [4.78, 5) is 11.8. The Balaban J connectivity index is 2.16. The van der Waals surface area contributed by atoms with Gasteiger partial charge in [-0.3, -0.25) is 15.6 Å². The van der Waals surface area contributed by atoms with E-state index in [1.165, 1.54) is 20.3 Å². The molecule has 0 unspecified atom stereocenters. The van der Waals surface area contributed by atoms with E-state index in [9.17, 15) is 26.7 Å². The molecule has 1 amide bonds. The van der Waals surface area contributed by atoms with E-state index in [0.717, 1.165) is 6.08 Å². The molecule has 0 aromatic heterocycles. The lowest BCUT2D eigenvalue weighted by atomic mass is 10.1. The molecule has 0 fully saturated rings. The summed E-state index contributed by atoms with van der Waals surface area (Å²) in [5.74, 6) is -11.0. The van der Waals surface area contributed by atoms with E-state index < -0.39 is 40.7 Å². The van der Waals surface area contributed by atoms with Gasteiger partial charge in [0.05, 0.1) is 14.2 Å². The van der Waals surface area contributed by atoms with Gasteiger partial charge in [0.25, 0.3) is 5.91 Å². The van der Waals surface area contributed by atoms with Crippen molar-refractivity contribution >= 4 is 17.7 Å². The lowest BCUT2D eigenvalue weighted by Crippen LogP contribution is -2.29. The van der Waals surface area contributed by atoms with Gasteiger partial charge in [0.2, 0.25) is 5.82 Å². The summed E-state index contributed by atoms with van der Waals surface area (Å²) in [6.07, 6.45) is 2.26. The van der Waals surface area contributed by atoms with Crippen molar-refractivity contribution in [3.05, 3.63) is 58.9 Å². The number of hydrogen-bond donors (Lipinski definition) is 2. The van der Waals surface area contributed by atoms with Crippen LogP contribution in [0.15, 0.2) is 24.3 Å². The number of ether oxygens (including phenoxy) is 2. The van der Waals surface area contributed by atoms with Gasteiger partial charge in [0.15, 0.2) is 34.8 Å². The summed E-state index contributed by atoms with van der Waals surface area (Å²) >= 11 is 0. The van der Waals surface area contributed by atoms with Crippen molar-refractivity contribution in [2.45, 2.75) is 0 Å². The zero-order valence-electron chi connectivity index (χ0n) is 14.0. The second kappa shape index (κ2) is 8.39. The minimum atomic E-state index is -2.30. The van der Waals surface area contributed by atoms with E-state index in [2.05, 4.69) is 0 Å². The molecule has 144 valence electrons. The first kappa shape index (κ1) is 20.0. The van der Waals surface area contributed by atoms with E-state index in [1.807, 2.05) is 5.43 Å². The van der Waals surface area contributed by atoms with Crippen molar-refractivity contribution in [1.82, 2.24) is 5.43 Å². The molecule has 5 nitrogen and oxygen atoms in total. The van der Waals surface area contributed by atoms with Gasteiger partial charge in [-0.2, -0.15) is 0 Å². The van der Waals surface area contributed by atoms with Gasteiger partial charge in [-0.05, 0) is 12.1 Å². The second-order valence-electron chi connectivity index (χ2n) is 4.98. The van der Waals surface area contributed by atoms with Crippen LogP contribution in [0.1, 0.15) is 5.56 Å². The SMILES string of the molecule is COc1cccc(/C=C/C(=O)NNc2c(F)c(F)c(F)c(F)c2F)c1OC. The molecule has 2 rings (SSSR count). The molecule has 0 atom stereocenters. The molecule has 2 N–H and O–H groups in total. The fraction of sp³-hybridized carbons (Fsp3) is 0.118. The predicted molar refractivity (Wildman–Crippen MR) is 86.6 cm³/mol. The minimum absolute atomic E-state index is 0.330. The Hall–Kier alpha value is -3.30. The number of nitrogens with one attached hydrogen (secondary N) is 2. The number of carbonyl (C=O) groups is 1. The Morgan fingerprint density at radius 2 is 1.52 bits per heavy atom. The molecule has 0 bridgehead atoms. The van der Waals surface area contributed by atoms with Crippen LogP contribution < -0.4 is 20.3 Å². The smallest absolute Gasteiger partial charge is 0.262 e. The standard InChI is InChI=1S/C17H13F5N2O3/c1-26-9-5-3-4-8(17(9)27-2)6-7-10(25)23-24-16-14(21)12(19)11(18)13(20)15(16)22/h3-7,24H,1-2H3,(H,23,25)/b7-6+. The summed E-state index contributed by atoms with van der Waals surface area (Å²) in [6.45, 7) is 0. The lowest BCUT2D eigenvalue weighted by molar-refractivity contribution is -0.116. The monoisotopic (exact) mass is 388 g/mol. The Morgan fingerprint density at radius 1 is 0.926 bits per heavy atom. The van der Waals surface area contributed by atoms with E-state index in [-0.39, 0.29) is 0 Å². The van der Waals surface area contributed by atoms with Crippen LogP contribution >= 0.6 is 0 Å². The highest BCUT2D eigenvalue weighted by molar-refractivity contribution is 5.93. The predicted octanol–water partition coefficient (Wildman–Crippen LogP) is 3.56. The number of hydrazine groups is 1. The van der Waals surface area contributed by atoms with Gasteiger partial charge in [0.1, 0.15) is 5.69 Å². The molecule has 0 heterocycles. The molecule has 0 saturated carbocycles. The number of methoxy groups -OCH3 is 2. The topological polar surface area (TPSA) is 59.6 Å². The molecule has 27 heavy (non-hydrogen) atoms. The van der Waals surface area contributed by atoms with Gasteiger partial charge in [-0.25, -0.2) is 22.0 Å². The average molecular weight is 388 g/mol. The van der Waals surface area contributed by atoms with Gasteiger partial charge < -0.3 is 9.47 Å². The third kappa shape index (κ3) is 4.10. The maximum absolute atomic E-state index is 13.5. The fourth-order valence-electron chi connectivity index (χ4n) is 2.09. The molecular weight excluding hydrogens is 375 g/mol. The number of rotatable bonds is 6. The highest BCUT2D eigenvalue weighted by Crippen LogP contribution is 2.31. The first-order chi connectivity index (χ1) is 12.8. The largest absolute Gasteiger partial charge is 0.493 e. The molecule has 0 radical (unpaired) electrons. The highest BCUT2D eigenvalue weighted by atomic mass is 19.2. The van der Waals surface area contributed by atoms with Crippen molar-refractivity contribution in [2.75, 3.05) is 19.6 Å². The van der Waals surface area contributed by atoms with Gasteiger partial charge in [0, 0.05) is 11.6 Å². The quantitative estimate of drug-likeness (QED) is 0.261. The molecule has 10 heteroatoms. The van der Waals surface area contributed by atoms with Crippen LogP contribution in [0.25, 0.3) is 6.08 Å². The first-order valence-electron chi connectivity index (χ1n) is 7.28. The third-order valence-electron chi connectivity index (χ3n) is 3.37. The van der Waals surface area contributed by atoms with Crippen LogP contribution in [-0.2, 0) is 4.79 Å². The molecule has 0 saturated heterocycles. The van der Waals surface area contributed by atoms with E-state index in [1.54, 1.807) is 23.6 Å². The summed E-state index contributed by atoms with van der Waals surface area (Å²) in [5, 5.41) is 0. The summed E-state index contributed by atoms with van der Waals surface area (Å²) in [7, 11) is 2.81. The molecular formula is C17H13F5N2O3. The maximum atomic E-state index is 13.5. The van der Waals surface area contributed by atoms with Crippen LogP contribution in [0.3, 0.4) is 0 Å². The Kier molecular flexibility index (Phi) is 6.22. The number of carbonyl (C=O) groups excluding carboxylic acids is 1. The van der Waals surface area contributed by atoms with Gasteiger partial charge in [-0.1, -0.05) is 12.1 Å². The zero-order valence-corrected chi connectivity index (χ0v) is 14.0. The molecule has 0 aliphatic carbocycles. The highest BCUT2D eigenvalue weighted by Gasteiger charge is 2.25. The number of amides is 1. The van der Waals surface area contributed by atoms with Crippen molar-refractivity contribution in [1.29, 1.82) is 0 Å². The van der Waals surface area contributed by atoms with E-state index >= 15 is 0 Å². The minimum Gasteiger partial charge on any atom is -0.493 e. The van der Waals surface area contributed by atoms with E-state index in [4.69, 9.17) is 9.47 Å². The Morgan fingerprint density at radius 3 is 2.07 bits per heavy atom. The van der Waals surface area contributed by atoms with Crippen molar-refractivity contribution in [3.63, 3.8) is 0 Å². The van der Waals surface area contributed by atoms with E-state index in [0.29, 0.717) is 17.1 Å². The number of anilines is 1. The third-order valence-corrected chi connectivity index (χ3v) is 3.37. The first-order valence-corrected chi connectivity index (χ1v) is 7.28. The van der Waals surface area contributed by atoms with Crippen LogP contribution in [0.5, 0.6) is 11.5 Å². The lowest BCUT2D eigenvalue weighted by Gasteiger charge is -2.11. The number of hydrogen-bond acceptors (Lipinski definition) is 4. The van der Waals surface area contributed by atoms with Crippen LogP contribution in [0.2, 0.25) is 0 Å².